The number of hydrogen-bond donors (Lipinski definition) is 1. The molecule has 100 valence electrons. The minimum atomic E-state index is -1.40. The second-order valence-corrected chi connectivity index (χ2v) is 5.59. The molecule has 2 aromatic rings. The van der Waals surface area contributed by atoms with Crippen LogP contribution in [0.1, 0.15) is 16.2 Å². The maximum Gasteiger partial charge on any atom is 0.337 e. The first-order valence-electron chi connectivity index (χ1n) is 5.23. The number of carbonyl (C=O) groups is 1. The van der Waals surface area contributed by atoms with Crippen LogP contribution < -0.4 is 0 Å². The van der Waals surface area contributed by atoms with Crippen molar-refractivity contribution in [2.24, 2.45) is 7.05 Å². The number of benzene rings is 1. The highest BCUT2D eigenvalue weighted by atomic mass is 35.5. The first-order valence-corrected chi connectivity index (χ1v) is 6.93. The minimum absolute atomic E-state index is 0.0644. The monoisotopic (exact) mass is 299 g/mol. The molecule has 0 aliphatic heterocycles. The minimum Gasteiger partial charge on any atom is -0.478 e. The SMILES string of the molecule is Cn1ncnc1CS(=O)c1ccc(Cl)c(C(=O)O)c1. The fraction of sp³-hybridized carbons (Fsp3) is 0.182. The smallest absolute Gasteiger partial charge is 0.337 e. The lowest BCUT2D eigenvalue weighted by Gasteiger charge is -2.04. The molecule has 1 unspecified atom stereocenters. The molecule has 0 aliphatic rings. The molecule has 1 aromatic heterocycles. The van der Waals surface area contributed by atoms with E-state index >= 15 is 0 Å². The van der Waals surface area contributed by atoms with Crippen LogP contribution >= 0.6 is 11.6 Å². The van der Waals surface area contributed by atoms with Gasteiger partial charge in [-0.3, -0.25) is 8.89 Å². The van der Waals surface area contributed by atoms with Gasteiger partial charge in [0, 0.05) is 11.9 Å². The Labute approximate surface area is 116 Å². The zero-order chi connectivity index (χ0) is 14.0. The Balaban J connectivity index is 2.27. The maximum absolute atomic E-state index is 12.1. The van der Waals surface area contributed by atoms with Gasteiger partial charge < -0.3 is 5.11 Å². The quantitative estimate of drug-likeness (QED) is 0.924. The topological polar surface area (TPSA) is 85.1 Å². The van der Waals surface area contributed by atoms with Gasteiger partial charge in [-0.2, -0.15) is 5.10 Å². The van der Waals surface area contributed by atoms with Crippen molar-refractivity contribution in [1.82, 2.24) is 14.8 Å². The molecule has 0 fully saturated rings. The largest absolute Gasteiger partial charge is 0.478 e. The molecular weight excluding hydrogens is 290 g/mol. The Morgan fingerprint density at radius 3 is 2.84 bits per heavy atom. The second kappa shape index (κ2) is 5.50. The van der Waals surface area contributed by atoms with E-state index in [0.29, 0.717) is 10.7 Å². The molecule has 1 aromatic carbocycles. The number of halogens is 1. The van der Waals surface area contributed by atoms with E-state index in [-0.39, 0.29) is 16.3 Å². The number of rotatable bonds is 4. The van der Waals surface area contributed by atoms with Gasteiger partial charge in [-0.25, -0.2) is 9.78 Å². The Morgan fingerprint density at radius 2 is 2.26 bits per heavy atom. The van der Waals surface area contributed by atoms with E-state index in [1.54, 1.807) is 13.1 Å². The molecule has 0 saturated carbocycles. The van der Waals surface area contributed by atoms with Gasteiger partial charge in [0.15, 0.2) is 0 Å². The molecule has 0 amide bonds. The average Bonchev–Trinajstić information content (AvgIpc) is 2.75. The summed E-state index contributed by atoms with van der Waals surface area (Å²) in [5.74, 6) is -0.426. The summed E-state index contributed by atoms with van der Waals surface area (Å²) in [5, 5.41) is 13.0. The summed E-state index contributed by atoms with van der Waals surface area (Å²) in [4.78, 5) is 15.3. The third kappa shape index (κ3) is 2.99. The van der Waals surface area contributed by atoms with Gasteiger partial charge in [-0.05, 0) is 18.2 Å². The summed E-state index contributed by atoms with van der Waals surface area (Å²) in [7, 11) is 0.295. The van der Waals surface area contributed by atoms with E-state index in [9.17, 15) is 9.00 Å². The van der Waals surface area contributed by atoms with Crippen molar-refractivity contribution in [3.63, 3.8) is 0 Å². The van der Waals surface area contributed by atoms with E-state index < -0.39 is 16.8 Å². The fourth-order valence-corrected chi connectivity index (χ4v) is 2.79. The fourth-order valence-electron chi connectivity index (χ4n) is 1.46. The summed E-state index contributed by atoms with van der Waals surface area (Å²) < 4.78 is 13.7. The van der Waals surface area contributed by atoms with Crippen molar-refractivity contribution >= 4 is 28.4 Å². The van der Waals surface area contributed by atoms with Crippen LogP contribution in [0.25, 0.3) is 0 Å². The molecule has 1 atom stereocenters. The Morgan fingerprint density at radius 1 is 1.53 bits per heavy atom. The lowest BCUT2D eigenvalue weighted by Crippen LogP contribution is -2.06. The molecule has 1 N–H and O–H groups in total. The van der Waals surface area contributed by atoms with Gasteiger partial charge in [-0.15, -0.1) is 0 Å². The summed E-state index contributed by atoms with van der Waals surface area (Å²) >= 11 is 5.76. The van der Waals surface area contributed by atoms with Crippen molar-refractivity contribution < 1.29 is 14.1 Å². The van der Waals surface area contributed by atoms with Crippen LogP contribution in [0.15, 0.2) is 29.4 Å². The van der Waals surface area contributed by atoms with Crippen molar-refractivity contribution in [2.75, 3.05) is 0 Å². The predicted molar refractivity (Wildman–Crippen MR) is 69.5 cm³/mol. The van der Waals surface area contributed by atoms with Crippen molar-refractivity contribution in [3.05, 3.63) is 40.9 Å². The first-order chi connectivity index (χ1) is 8.99. The van der Waals surface area contributed by atoms with Crippen LogP contribution in [0.5, 0.6) is 0 Å². The van der Waals surface area contributed by atoms with Gasteiger partial charge in [0.25, 0.3) is 0 Å². The third-order valence-corrected chi connectivity index (χ3v) is 4.13. The Bertz CT molecular complexity index is 656. The van der Waals surface area contributed by atoms with Gasteiger partial charge in [0.05, 0.1) is 27.1 Å². The highest BCUT2D eigenvalue weighted by Crippen LogP contribution is 2.20. The zero-order valence-electron chi connectivity index (χ0n) is 9.91. The van der Waals surface area contributed by atoms with Crippen LogP contribution in [0.2, 0.25) is 5.02 Å². The van der Waals surface area contributed by atoms with E-state index in [1.165, 1.54) is 23.1 Å². The summed E-state index contributed by atoms with van der Waals surface area (Å²) in [6, 6.07) is 4.29. The highest BCUT2D eigenvalue weighted by molar-refractivity contribution is 7.84. The number of hydrogen-bond acceptors (Lipinski definition) is 4. The van der Waals surface area contributed by atoms with Gasteiger partial charge in [0.1, 0.15) is 12.2 Å². The van der Waals surface area contributed by atoms with Crippen LogP contribution in [0.3, 0.4) is 0 Å². The molecule has 0 radical (unpaired) electrons. The first kappa shape index (κ1) is 13.7. The number of aryl methyl sites for hydroxylation is 1. The summed E-state index contributed by atoms with van der Waals surface area (Å²) in [6.45, 7) is 0. The second-order valence-electron chi connectivity index (χ2n) is 3.74. The molecular formula is C11H10ClN3O3S. The number of carboxylic acid groups (broad SMARTS) is 1. The molecule has 0 saturated heterocycles. The predicted octanol–water partition coefficient (Wildman–Crippen LogP) is 1.47. The number of aromatic nitrogens is 3. The van der Waals surface area contributed by atoms with E-state index in [4.69, 9.17) is 16.7 Å². The highest BCUT2D eigenvalue weighted by Gasteiger charge is 2.14. The third-order valence-electron chi connectivity index (χ3n) is 2.50. The van der Waals surface area contributed by atoms with Gasteiger partial charge >= 0.3 is 5.97 Å². The van der Waals surface area contributed by atoms with Crippen LogP contribution in [0, 0.1) is 0 Å². The summed E-state index contributed by atoms with van der Waals surface area (Å²) in [6.07, 6.45) is 1.37. The zero-order valence-corrected chi connectivity index (χ0v) is 11.5. The van der Waals surface area contributed by atoms with E-state index in [0.717, 1.165) is 0 Å². The lowest BCUT2D eigenvalue weighted by atomic mass is 10.2. The normalized spacial score (nSPS) is 12.3. The molecule has 1 heterocycles. The van der Waals surface area contributed by atoms with Crippen molar-refractivity contribution in [1.29, 1.82) is 0 Å². The van der Waals surface area contributed by atoms with Crippen LogP contribution in [-0.4, -0.2) is 30.0 Å². The van der Waals surface area contributed by atoms with Crippen molar-refractivity contribution in [3.8, 4) is 0 Å². The molecule has 8 heteroatoms. The molecule has 0 aliphatic carbocycles. The molecule has 0 spiro atoms. The lowest BCUT2D eigenvalue weighted by molar-refractivity contribution is 0.0697. The average molecular weight is 300 g/mol. The van der Waals surface area contributed by atoms with Gasteiger partial charge in [0.2, 0.25) is 0 Å². The Hall–Kier alpha value is -1.73. The maximum atomic E-state index is 12.1. The van der Waals surface area contributed by atoms with Crippen LogP contribution in [-0.2, 0) is 23.6 Å². The van der Waals surface area contributed by atoms with Crippen molar-refractivity contribution in [2.45, 2.75) is 10.6 Å². The summed E-state index contributed by atoms with van der Waals surface area (Å²) in [5.41, 5.74) is -0.0644. The standard InChI is InChI=1S/C11H10ClN3O3S/c1-15-10(13-6-14-15)5-19(18)7-2-3-9(12)8(4-7)11(16)17/h2-4,6H,5H2,1H3,(H,16,17). The van der Waals surface area contributed by atoms with Gasteiger partial charge in [-0.1, -0.05) is 11.6 Å². The van der Waals surface area contributed by atoms with E-state index in [1.807, 2.05) is 0 Å². The number of nitrogens with zero attached hydrogens (tertiary/aromatic N) is 3. The van der Waals surface area contributed by atoms with Crippen LogP contribution in [0.4, 0.5) is 0 Å². The molecule has 2 rings (SSSR count). The Kier molecular flexibility index (Phi) is 3.96. The molecule has 6 nitrogen and oxygen atoms in total. The molecule has 0 bridgehead atoms. The van der Waals surface area contributed by atoms with E-state index in [2.05, 4.69) is 10.1 Å². The number of carboxylic acids is 1. The molecule has 19 heavy (non-hydrogen) atoms. The number of aromatic carboxylic acids is 1.